The van der Waals surface area contributed by atoms with E-state index in [0.717, 1.165) is 12.8 Å². The average Bonchev–Trinajstić information content (AvgIpc) is 2.84. The minimum atomic E-state index is -3.77. The monoisotopic (exact) mass is 476 g/mol. The van der Waals surface area contributed by atoms with E-state index in [2.05, 4.69) is 5.32 Å². The summed E-state index contributed by atoms with van der Waals surface area (Å²) in [4.78, 5) is 25.0. The molecule has 33 heavy (non-hydrogen) atoms. The molecule has 0 aliphatic carbocycles. The van der Waals surface area contributed by atoms with Gasteiger partial charge in [-0.15, -0.1) is 0 Å². The molecule has 3 rings (SSSR count). The molecule has 1 heterocycles. The molecule has 1 fully saturated rings. The number of carbonyl (C=O) groups is 2. The Labute approximate surface area is 193 Å². The van der Waals surface area contributed by atoms with Gasteiger partial charge in [0.05, 0.1) is 43.0 Å². The quantitative estimate of drug-likeness (QED) is 0.438. The summed E-state index contributed by atoms with van der Waals surface area (Å²) >= 11 is 0. The van der Waals surface area contributed by atoms with Crippen LogP contribution in [0.5, 0.6) is 5.75 Å². The molecule has 178 valence electrons. The fraction of sp³-hybridized carbons (Fsp3) is 0.391. The Morgan fingerprint density at radius 3 is 2.42 bits per heavy atom. The topological polar surface area (TPSA) is 111 Å². The largest absolute Gasteiger partial charge is 0.496 e. The van der Waals surface area contributed by atoms with Gasteiger partial charge in [-0.05, 0) is 48.9 Å². The molecule has 1 amide bonds. The van der Waals surface area contributed by atoms with Crippen molar-refractivity contribution in [3.8, 4) is 5.75 Å². The third-order valence-corrected chi connectivity index (χ3v) is 7.03. The Balaban J connectivity index is 1.76. The number of rotatable bonds is 9. The highest BCUT2D eigenvalue weighted by molar-refractivity contribution is 7.89. The summed E-state index contributed by atoms with van der Waals surface area (Å²) in [6.07, 6.45) is 1.72. The maximum Gasteiger partial charge on any atom is 0.338 e. The predicted molar refractivity (Wildman–Crippen MR) is 122 cm³/mol. The molecule has 9 nitrogen and oxygen atoms in total. The maximum absolute atomic E-state index is 13.0. The van der Waals surface area contributed by atoms with Crippen LogP contribution in [0.25, 0.3) is 0 Å². The summed E-state index contributed by atoms with van der Waals surface area (Å²) in [6.45, 7) is 3.52. The Morgan fingerprint density at radius 2 is 1.79 bits per heavy atom. The Morgan fingerprint density at radius 1 is 1.09 bits per heavy atom. The third kappa shape index (κ3) is 6.10. The number of unbranched alkanes of at least 4 members (excludes halogenated alkanes) is 1. The van der Waals surface area contributed by atoms with Gasteiger partial charge in [-0.2, -0.15) is 4.31 Å². The number of sulfonamides is 1. The normalized spacial score (nSPS) is 14.5. The van der Waals surface area contributed by atoms with E-state index in [1.807, 2.05) is 6.92 Å². The van der Waals surface area contributed by atoms with Crippen LogP contribution in [-0.2, 0) is 19.5 Å². The SMILES string of the molecule is CCCCOC(=O)c1ccc(NC(=O)c2cc(S(=O)(=O)N3CCOCC3)ccc2OC)cc1. The zero-order valence-electron chi connectivity index (χ0n) is 18.7. The second-order valence-corrected chi connectivity index (χ2v) is 9.34. The van der Waals surface area contributed by atoms with Crippen LogP contribution in [0.15, 0.2) is 47.4 Å². The van der Waals surface area contributed by atoms with Crippen molar-refractivity contribution in [2.45, 2.75) is 24.7 Å². The van der Waals surface area contributed by atoms with Crippen molar-refractivity contribution in [3.63, 3.8) is 0 Å². The molecule has 1 N–H and O–H groups in total. The van der Waals surface area contributed by atoms with Crippen molar-refractivity contribution in [2.24, 2.45) is 0 Å². The average molecular weight is 477 g/mol. The van der Waals surface area contributed by atoms with E-state index in [1.54, 1.807) is 24.3 Å². The van der Waals surface area contributed by atoms with Crippen LogP contribution >= 0.6 is 0 Å². The predicted octanol–water partition coefficient (Wildman–Crippen LogP) is 2.93. The molecule has 2 aromatic carbocycles. The lowest BCUT2D eigenvalue weighted by Gasteiger charge is -2.26. The third-order valence-electron chi connectivity index (χ3n) is 5.13. The van der Waals surface area contributed by atoms with Gasteiger partial charge in [0.25, 0.3) is 5.91 Å². The van der Waals surface area contributed by atoms with Crippen LogP contribution < -0.4 is 10.1 Å². The summed E-state index contributed by atoms with van der Waals surface area (Å²) in [7, 11) is -2.37. The molecule has 0 radical (unpaired) electrons. The lowest BCUT2D eigenvalue weighted by atomic mass is 10.1. The minimum absolute atomic E-state index is 0.000484. The number of hydrogen-bond acceptors (Lipinski definition) is 7. The molecular weight excluding hydrogens is 448 g/mol. The van der Waals surface area contributed by atoms with Crippen molar-refractivity contribution in [2.75, 3.05) is 45.3 Å². The van der Waals surface area contributed by atoms with Gasteiger partial charge >= 0.3 is 5.97 Å². The fourth-order valence-corrected chi connectivity index (χ4v) is 4.68. The highest BCUT2D eigenvalue weighted by Crippen LogP contribution is 2.26. The van der Waals surface area contributed by atoms with Gasteiger partial charge in [-0.25, -0.2) is 13.2 Å². The molecule has 10 heteroatoms. The zero-order chi connectivity index (χ0) is 23.8. The molecule has 0 atom stereocenters. The Bertz CT molecular complexity index is 1080. The number of methoxy groups -OCH3 is 1. The molecule has 0 aromatic heterocycles. The van der Waals surface area contributed by atoms with Gasteiger partial charge in [-0.3, -0.25) is 4.79 Å². The fourth-order valence-electron chi connectivity index (χ4n) is 3.24. The maximum atomic E-state index is 13.0. The molecular formula is C23H28N2O7S. The first-order chi connectivity index (χ1) is 15.9. The van der Waals surface area contributed by atoms with E-state index < -0.39 is 21.9 Å². The first-order valence-electron chi connectivity index (χ1n) is 10.7. The number of hydrogen-bond donors (Lipinski definition) is 1. The number of anilines is 1. The number of benzene rings is 2. The number of ether oxygens (including phenoxy) is 3. The van der Waals surface area contributed by atoms with Crippen molar-refractivity contribution in [1.82, 2.24) is 4.31 Å². The van der Waals surface area contributed by atoms with Gasteiger partial charge in [-0.1, -0.05) is 13.3 Å². The highest BCUT2D eigenvalue weighted by atomic mass is 32.2. The van der Waals surface area contributed by atoms with E-state index in [1.165, 1.54) is 29.6 Å². The second kappa shape index (κ2) is 11.3. The summed E-state index contributed by atoms with van der Waals surface area (Å²) in [5.74, 6) is -0.724. The number of esters is 1. The van der Waals surface area contributed by atoms with Gasteiger partial charge < -0.3 is 19.5 Å². The van der Waals surface area contributed by atoms with E-state index in [0.29, 0.717) is 31.1 Å². The highest BCUT2D eigenvalue weighted by Gasteiger charge is 2.28. The Kier molecular flexibility index (Phi) is 8.43. The van der Waals surface area contributed by atoms with E-state index in [4.69, 9.17) is 14.2 Å². The lowest BCUT2D eigenvalue weighted by Crippen LogP contribution is -2.40. The second-order valence-electron chi connectivity index (χ2n) is 7.40. The number of nitrogens with one attached hydrogen (secondary N) is 1. The van der Waals surface area contributed by atoms with Crippen molar-refractivity contribution in [1.29, 1.82) is 0 Å². The molecule has 0 spiro atoms. The van der Waals surface area contributed by atoms with E-state index in [-0.39, 0.29) is 29.3 Å². The summed E-state index contributed by atoms with van der Waals surface area (Å²) in [5.41, 5.74) is 0.892. The van der Waals surface area contributed by atoms with E-state index in [9.17, 15) is 18.0 Å². The van der Waals surface area contributed by atoms with Crippen LogP contribution in [0, 0.1) is 0 Å². The standard InChI is InChI=1S/C23H28N2O7S/c1-3-4-13-32-23(27)17-5-7-18(8-6-17)24-22(26)20-16-19(9-10-21(20)30-2)33(28,29)25-11-14-31-15-12-25/h5-10,16H,3-4,11-15H2,1-2H3,(H,24,26). The van der Waals surface area contributed by atoms with Gasteiger partial charge in [0.1, 0.15) is 5.75 Å². The van der Waals surface area contributed by atoms with Gasteiger partial charge in [0, 0.05) is 18.8 Å². The molecule has 0 saturated carbocycles. The summed E-state index contributed by atoms with van der Waals surface area (Å²) in [6, 6.07) is 10.4. The lowest BCUT2D eigenvalue weighted by molar-refractivity contribution is 0.0499. The molecule has 1 saturated heterocycles. The number of morpholine rings is 1. The molecule has 0 unspecified atom stereocenters. The summed E-state index contributed by atoms with van der Waals surface area (Å²) < 4.78 is 42.9. The zero-order valence-corrected chi connectivity index (χ0v) is 19.5. The first kappa shape index (κ1) is 24.7. The van der Waals surface area contributed by atoms with Crippen LogP contribution in [-0.4, -0.2) is 64.6 Å². The first-order valence-corrected chi connectivity index (χ1v) is 12.1. The number of nitrogens with zero attached hydrogens (tertiary/aromatic N) is 1. The van der Waals surface area contributed by atoms with Crippen LogP contribution in [0.4, 0.5) is 5.69 Å². The Hall–Kier alpha value is -2.95. The molecule has 2 aromatic rings. The van der Waals surface area contributed by atoms with Crippen molar-refractivity contribution in [3.05, 3.63) is 53.6 Å². The summed E-state index contributed by atoms with van der Waals surface area (Å²) in [5, 5.41) is 2.71. The van der Waals surface area contributed by atoms with Gasteiger partial charge in [0.2, 0.25) is 10.0 Å². The van der Waals surface area contributed by atoms with Crippen LogP contribution in [0.1, 0.15) is 40.5 Å². The van der Waals surface area contributed by atoms with Gasteiger partial charge in [0.15, 0.2) is 0 Å². The van der Waals surface area contributed by atoms with Crippen molar-refractivity contribution < 1.29 is 32.2 Å². The minimum Gasteiger partial charge on any atom is -0.496 e. The molecule has 1 aliphatic heterocycles. The van der Waals surface area contributed by atoms with Crippen LogP contribution in [0.3, 0.4) is 0 Å². The van der Waals surface area contributed by atoms with Crippen molar-refractivity contribution >= 4 is 27.6 Å². The number of carbonyl (C=O) groups excluding carboxylic acids is 2. The number of amides is 1. The molecule has 1 aliphatic rings. The smallest absolute Gasteiger partial charge is 0.338 e. The van der Waals surface area contributed by atoms with Crippen LogP contribution in [0.2, 0.25) is 0 Å². The molecule has 0 bridgehead atoms. The van der Waals surface area contributed by atoms with E-state index >= 15 is 0 Å².